The standard InChI is InChI=1S/C27H28FNO4/c1-4-15-33-26(32)17-22(31)16-21(30)13-14-25-27(19-9-11-20(28)12-10-19)23-7-5-6-8-24(23)29(25)18(2)3/h4-14,18,21,30H,1,15-17H2,2-3H3. The van der Waals surface area contributed by atoms with Gasteiger partial charge in [0.05, 0.1) is 6.10 Å². The molecule has 3 aromatic rings. The molecule has 1 unspecified atom stereocenters. The SMILES string of the molecule is C=CCOC(=O)CC(=O)CC(O)C=Cc1c(-c2ccc(F)cc2)c2ccccc2n1C(C)C. The number of hydrogen-bond acceptors (Lipinski definition) is 4. The summed E-state index contributed by atoms with van der Waals surface area (Å²) in [6.07, 6.45) is 3.09. The van der Waals surface area contributed by atoms with E-state index in [1.54, 1.807) is 24.3 Å². The first-order valence-electron chi connectivity index (χ1n) is 10.8. The molecule has 0 aliphatic rings. The van der Waals surface area contributed by atoms with Crippen molar-refractivity contribution < 1.29 is 23.8 Å². The molecule has 1 atom stereocenters. The van der Waals surface area contributed by atoms with Crippen molar-refractivity contribution in [1.29, 1.82) is 0 Å². The monoisotopic (exact) mass is 449 g/mol. The Hall–Kier alpha value is -3.51. The molecule has 5 nitrogen and oxygen atoms in total. The number of halogens is 1. The first kappa shape index (κ1) is 24.1. The van der Waals surface area contributed by atoms with Gasteiger partial charge in [0.2, 0.25) is 0 Å². The van der Waals surface area contributed by atoms with E-state index in [2.05, 4.69) is 25.0 Å². The van der Waals surface area contributed by atoms with Gasteiger partial charge in [-0.2, -0.15) is 0 Å². The minimum Gasteiger partial charge on any atom is -0.461 e. The highest BCUT2D eigenvalue weighted by molar-refractivity contribution is 6.01. The average Bonchev–Trinajstić information content (AvgIpc) is 3.11. The van der Waals surface area contributed by atoms with E-state index >= 15 is 0 Å². The topological polar surface area (TPSA) is 68.5 Å². The molecule has 3 rings (SSSR count). The van der Waals surface area contributed by atoms with Gasteiger partial charge in [-0.05, 0) is 43.7 Å². The molecule has 33 heavy (non-hydrogen) atoms. The second-order valence-corrected chi connectivity index (χ2v) is 8.07. The van der Waals surface area contributed by atoms with E-state index < -0.39 is 24.3 Å². The quantitative estimate of drug-likeness (QED) is 0.253. The van der Waals surface area contributed by atoms with Gasteiger partial charge in [0.1, 0.15) is 24.6 Å². The van der Waals surface area contributed by atoms with Crippen LogP contribution in [0.25, 0.3) is 28.1 Å². The summed E-state index contributed by atoms with van der Waals surface area (Å²) in [5.74, 6) is -1.37. The number of rotatable bonds is 10. The number of hydrogen-bond donors (Lipinski definition) is 1. The Kier molecular flexibility index (Phi) is 7.96. The van der Waals surface area contributed by atoms with Crippen molar-refractivity contribution >= 4 is 28.7 Å². The number of carbonyl (C=O) groups is 2. The Morgan fingerprint density at radius 3 is 2.52 bits per heavy atom. The Bertz CT molecular complexity index is 1170. The molecule has 1 aromatic heterocycles. The molecule has 0 bridgehead atoms. The number of aliphatic hydroxyl groups is 1. The Morgan fingerprint density at radius 2 is 1.85 bits per heavy atom. The van der Waals surface area contributed by atoms with Crippen LogP contribution in [-0.2, 0) is 14.3 Å². The maximum absolute atomic E-state index is 13.6. The zero-order valence-electron chi connectivity index (χ0n) is 18.8. The molecule has 172 valence electrons. The van der Waals surface area contributed by atoms with Crippen molar-refractivity contribution in [3.8, 4) is 11.1 Å². The second kappa shape index (κ2) is 10.9. The molecular weight excluding hydrogens is 421 g/mol. The van der Waals surface area contributed by atoms with Gasteiger partial charge in [-0.15, -0.1) is 0 Å². The number of fused-ring (bicyclic) bond motifs is 1. The number of Topliss-reactive ketones (excluding diaryl/α,β-unsaturated/α-hetero) is 1. The van der Waals surface area contributed by atoms with E-state index in [1.807, 2.05) is 24.3 Å². The van der Waals surface area contributed by atoms with E-state index in [4.69, 9.17) is 4.74 Å². The van der Waals surface area contributed by atoms with E-state index in [9.17, 15) is 19.1 Å². The summed E-state index contributed by atoms with van der Waals surface area (Å²) in [4.78, 5) is 23.7. The van der Waals surface area contributed by atoms with E-state index in [-0.39, 0.29) is 24.9 Å². The average molecular weight is 450 g/mol. The summed E-state index contributed by atoms with van der Waals surface area (Å²) in [6, 6.07) is 14.4. The van der Waals surface area contributed by atoms with E-state index in [1.165, 1.54) is 18.2 Å². The molecule has 0 fully saturated rings. The molecule has 0 radical (unpaired) electrons. The van der Waals surface area contributed by atoms with Crippen LogP contribution in [0.15, 0.2) is 67.3 Å². The van der Waals surface area contributed by atoms with Gasteiger partial charge < -0.3 is 14.4 Å². The fraction of sp³-hybridized carbons (Fsp3) is 0.259. The fourth-order valence-corrected chi connectivity index (χ4v) is 3.86. The van der Waals surface area contributed by atoms with Crippen LogP contribution >= 0.6 is 0 Å². The van der Waals surface area contributed by atoms with Gasteiger partial charge >= 0.3 is 5.97 Å². The molecule has 0 aliphatic heterocycles. The number of aliphatic hydroxyl groups excluding tert-OH is 1. The molecule has 0 saturated heterocycles. The second-order valence-electron chi connectivity index (χ2n) is 8.07. The lowest BCUT2D eigenvalue weighted by atomic mass is 10.0. The lowest BCUT2D eigenvalue weighted by Gasteiger charge is -2.14. The third kappa shape index (κ3) is 5.84. The van der Waals surface area contributed by atoms with E-state index in [0.29, 0.717) is 0 Å². The van der Waals surface area contributed by atoms with Crippen LogP contribution in [-0.4, -0.2) is 34.1 Å². The number of aromatic nitrogens is 1. The number of nitrogens with zero attached hydrogens (tertiary/aromatic N) is 1. The summed E-state index contributed by atoms with van der Waals surface area (Å²) >= 11 is 0. The van der Waals surface area contributed by atoms with Crippen molar-refractivity contribution in [3.05, 3.63) is 78.8 Å². The highest BCUT2D eigenvalue weighted by Crippen LogP contribution is 2.38. The van der Waals surface area contributed by atoms with Crippen LogP contribution in [0.5, 0.6) is 0 Å². The van der Waals surface area contributed by atoms with Gasteiger partial charge in [0.25, 0.3) is 0 Å². The minimum atomic E-state index is -1.07. The van der Waals surface area contributed by atoms with Gasteiger partial charge in [0, 0.05) is 34.6 Å². The maximum Gasteiger partial charge on any atom is 0.313 e. The van der Waals surface area contributed by atoms with Crippen LogP contribution in [0.4, 0.5) is 4.39 Å². The number of ketones is 1. The van der Waals surface area contributed by atoms with Gasteiger partial charge in [-0.1, -0.05) is 49.1 Å². The molecule has 0 spiro atoms. The first-order chi connectivity index (χ1) is 15.8. The summed E-state index contributed by atoms with van der Waals surface area (Å²) in [5, 5.41) is 11.4. The summed E-state index contributed by atoms with van der Waals surface area (Å²) in [6.45, 7) is 7.62. The normalized spacial score (nSPS) is 12.4. The molecule has 0 aliphatic carbocycles. The predicted molar refractivity (Wildman–Crippen MR) is 128 cm³/mol. The summed E-state index contributed by atoms with van der Waals surface area (Å²) in [5.41, 5.74) is 3.63. The molecule has 6 heteroatoms. The van der Waals surface area contributed by atoms with Crippen molar-refractivity contribution in [2.24, 2.45) is 0 Å². The number of ether oxygens (including phenoxy) is 1. The lowest BCUT2D eigenvalue weighted by Crippen LogP contribution is -2.16. The Balaban J connectivity index is 1.94. The summed E-state index contributed by atoms with van der Waals surface area (Å²) < 4.78 is 20.5. The van der Waals surface area contributed by atoms with Crippen LogP contribution in [0.1, 0.15) is 38.4 Å². The van der Waals surface area contributed by atoms with Crippen LogP contribution < -0.4 is 0 Å². The van der Waals surface area contributed by atoms with Crippen LogP contribution in [0.2, 0.25) is 0 Å². The van der Waals surface area contributed by atoms with Gasteiger partial charge in [-0.25, -0.2) is 4.39 Å². The van der Waals surface area contributed by atoms with Crippen molar-refractivity contribution in [2.75, 3.05) is 6.61 Å². The van der Waals surface area contributed by atoms with E-state index in [0.717, 1.165) is 27.7 Å². The fourth-order valence-electron chi connectivity index (χ4n) is 3.86. The molecular formula is C27H28FNO4. The van der Waals surface area contributed by atoms with Crippen molar-refractivity contribution in [2.45, 2.75) is 38.8 Å². The predicted octanol–water partition coefficient (Wildman–Crippen LogP) is 5.48. The van der Waals surface area contributed by atoms with Crippen molar-refractivity contribution in [1.82, 2.24) is 4.57 Å². The van der Waals surface area contributed by atoms with Crippen LogP contribution in [0, 0.1) is 5.82 Å². The largest absolute Gasteiger partial charge is 0.461 e. The number of esters is 1. The zero-order chi connectivity index (χ0) is 24.0. The van der Waals surface area contributed by atoms with Gasteiger partial charge in [0.15, 0.2) is 0 Å². The Labute approximate surface area is 192 Å². The highest BCUT2D eigenvalue weighted by Gasteiger charge is 2.19. The molecule has 0 amide bonds. The molecule has 2 aromatic carbocycles. The van der Waals surface area contributed by atoms with Crippen molar-refractivity contribution in [3.63, 3.8) is 0 Å². The highest BCUT2D eigenvalue weighted by atomic mass is 19.1. The third-order valence-corrected chi connectivity index (χ3v) is 5.21. The zero-order valence-corrected chi connectivity index (χ0v) is 18.8. The van der Waals surface area contributed by atoms with Crippen LogP contribution in [0.3, 0.4) is 0 Å². The molecule has 1 heterocycles. The number of carbonyl (C=O) groups excluding carboxylic acids is 2. The van der Waals surface area contributed by atoms with Gasteiger partial charge in [-0.3, -0.25) is 9.59 Å². The number of para-hydroxylation sites is 1. The molecule has 1 N–H and O–H groups in total. The maximum atomic E-state index is 13.6. The first-order valence-corrected chi connectivity index (χ1v) is 10.8. The smallest absolute Gasteiger partial charge is 0.313 e. The lowest BCUT2D eigenvalue weighted by molar-refractivity contribution is -0.145. The molecule has 0 saturated carbocycles. The third-order valence-electron chi connectivity index (χ3n) is 5.21. The Morgan fingerprint density at radius 1 is 1.15 bits per heavy atom. The minimum absolute atomic E-state index is 0.0421. The number of benzene rings is 2. The summed E-state index contributed by atoms with van der Waals surface area (Å²) in [7, 11) is 0.